The molecule has 0 aliphatic heterocycles. The van der Waals surface area contributed by atoms with Gasteiger partial charge in [0.25, 0.3) is 5.91 Å². The summed E-state index contributed by atoms with van der Waals surface area (Å²) in [5.74, 6) is -2.65. The number of benzene rings is 3. The van der Waals surface area contributed by atoms with Crippen molar-refractivity contribution < 1.29 is 18.8 Å². The molecular formula is C25H16BrClN4O5. The molecule has 3 N–H and O–H groups in total. The molecule has 1 heterocycles. The van der Waals surface area contributed by atoms with Crippen LogP contribution in [0.2, 0.25) is 5.02 Å². The Morgan fingerprint density at radius 3 is 2.47 bits per heavy atom. The summed E-state index contributed by atoms with van der Waals surface area (Å²) in [6, 6.07) is 17.8. The van der Waals surface area contributed by atoms with E-state index in [2.05, 4.69) is 31.7 Å². The number of hydrazone groups is 1. The Kier molecular flexibility index (Phi) is 7.57. The van der Waals surface area contributed by atoms with E-state index in [9.17, 15) is 19.2 Å². The molecular weight excluding hydrogens is 552 g/mol. The fourth-order valence-electron chi connectivity index (χ4n) is 3.12. The zero-order valence-electron chi connectivity index (χ0n) is 18.2. The van der Waals surface area contributed by atoms with Crippen molar-refractivity contribution in [1.82, 2.24) is 5.43 Å². The first-order valence-corrected chi connectivity index (χ1v) is 11.5. The summed E-state index contributed by atoms with van der Waals surface area (Å²) in [6.07, 6.45) is 2.23. The van der Waals surface area contributed by atoms with Crippen LogP contribution in [-0.4, -0.2) is 23.9 Å². The molecule has 36 heavy (non-hydrogen) atoms. The van der Waals surface area contributed by atoms with E-state index in [1.165, 1.54) is 24.5 Å². The fraction of sp³-hybridized carbons (Fsp3) is 0. The second kappa shape index (κ2) is 11.0. The number of hydrogen-bond donors (Lipinski definition) is 3. The number of nitrogens with zero attached hydrogens (tertiary/aromatic N) is 1. The zero-order valence-corrected chi connectivity index (χ0v) is 20.6. The molecule has 3 amide bonds. The highest BCUT2D eigenvalue weighted by Crippen LogP contribution is 2.19. The SMILES string of the molecule is O=C(NN=Cc1coc2ccc(Cl)cc2c1=O)C(=O)Nc1ccccc1C(=O)Nc1ccc(Br)cc1. The van der Waals surface area contributed by atoms with E-state index >= 15 is 0 Å². The number of halogens is 2. The summed E-state index contributed by atoms with van der Waals surface area (Å²) >= 11 is 9.25. The lowest BCUT2D eigenvalue weighted by Crippen LogP contribution is -2.33. The Morgan fingerprint density at radius 1 is 0.944 bits per heavy atom. The van der Waals surface area contributed by atoms with E-state index in [1.54, 1.807) is 48.5 Å². The van der Waals surface area contributed by atoms with Crippen molar-refractivity contribution >= 4 is 73.8 Å². The molecule has 4 rings (SSSR count). The van der Waals surface area contributed by atoms with Gasteiger partial charge in [-0.05, 0) is 54.6 Å². The van der Waals surface area contributed by atoms with Crippen LogP contribution in [0.5, 0.6) is 0 Å². The third-order valence-corrected chi connectivity index (χ3v) is 5.62. The van der Waals surface area contributed by atoms with Gasteiger partial charge >= 0.3 is 11.8 Å². The van der Waals surface area contributed by atoms with Gasteiger partial charge in [-0.25, -0.2) is 5.43 Å². The number of carbonyl (C=O) groups is 3. The van der Waals surface area contributed by atoms with Gasteiger partial charge in [0.1, 0.15) is 11.8 Å². The average molecular weight is 568 g/mol. The molecule has 0 spiro atoms. The summed E-state index contributed by atoms with van der Waals surface area (Å²) in [4.78, 5) is 49.8. The number of rotatable bonds is 5. The minimum atomic E-state index is -1.11. The van der Waals surface area contributed by atoms with Crippen molar-refractivity contribution in [2.75, 3.05) is 10.6 Å². The number of hydrogen-bond acceptors (Lipinski definition) is 6. The van der Waals surface area contributed by atoms with Crippen molar-refractivity contribution in [3.05, 3.63) is 104 Å². The quantitative estimate of drug-likeness (QED) is 0.185. The van der Waals surface area contributed by atoms with Gasteiger partial charge < -0.3 is 15.1 Å². The number of fused-ring (bicyclic) bond motifs is 1. The summed E-state index contributed by atoms with van der Waals surface area (Å²) in [5.41, 5.74) is 2.84. The monoisotopic (exact) mass is 566 g/mol. The molecule has 11 heteroatoms. The predicted molar refractivity (Wildman–Crippen MR) is 140 cm³/mol. The van der Waals surface area contributed by atoms with Crippen molar-refractivity contribution in [3.8, 4) is 0 Å². The first-order valence-electron chi connectivity index (χ1n) is 10.3. The van der Waals surface area contributed by atoms with E-state index in [0.717, 1.165) is 10.7 Å². The van der Waals surface area contributed by atoms with Crippen LogP contribution in [0.25, 0.3) is 11.0 Å². The lowest BCUT2D eigenvalue weighted by atomic mass is 10.1. The smallest absolute Gasteiger partial charge is 0.329 e. The Labute approximate surface area is 217 Å². The van der Waals surface area contributed by atoms with Gasteiger partial charge in [0.15, 0.2) is 0 Å². The molecule has 0 aliphatic rings. The van der Waals surface area contributed by atoms with Crippen LogP contribution in [0, 0.1) is 0 Å². The molecule has 0 atom stereocenters. The van der Waals surface area contributed by atoms with Crippen LogP contribution in [0.1, 0.15) is 15.9 Å². The van der Waals surface area contributed by atoms with Gasteiger partial charge in [0, 0.05) is 15.2 Å². The van der Waals surface area contributed by atoms with E-state index in [4.69, 9.17) is 16.0 Å². The van der Waals surface area contributed by atoms with E-state index in [1.807, 2.05) is 5.43 Å². The Morgan fingerprint density at radius 2 is 1.69 bits per heavy atom. The maximum absolute atomic E-state index is 12.7. The summed E-state index contributed by atoms with van der Waals surface area (Å²) in [6.45, 7) is 0. The van der Waals surface area contributed by atoms with Gasteiger partial charge in [0.05, 0.1) is 28.4 Å². The lowest BCUT2D eigenvalue weighted by Gasteiger charge is -2.11. The molecule has 0 radical (unpaired) electrons. The second-order valence-corrected chi connectivity index (χ2v) is 8.67. The molecule has 0 saturated heterocycles. The van der Waals surface area contributed by atoms with E-state index in [0.29, 0.717) is 16.3 Å². The minimum absolute atomic E-state index is 0.0421. The maximum atomic E-state index is 12.7. The maximum Gasteiger partial charge on any atom is 0.329 e. The molecule has 0 fully saturated rings. The first kappa shape index (κ1) is 24.8. The largest absolute Gasteiger partial charge is 0.463 e. The topological polar surface area (TPSA) is 130 Å². The Balaban J connectivity index is 1.42. The van der Waals surface area contributed by atoms with Crippen LogP contribution in [0.3, 0.4) is 0 Å². The Bertz CT molecular complexity index is 1570. The fourth-order valence-corrected chi connectivity index (χ4v) is 3.56. The third kappa shape index (κ3) is 5.85. The van der Waals surface area contributed by atoms with Crippen LogP contribution < -0.4 is 21.5 Å². The molecule has 3 aromatic carbocycles. The van der Waals surface area contributed by atoms with Crippen LogP contribution in [0.15, 0.2) is 91.8 Å². The van der Waals surface area contributed by atoms with Gasteiger partial charge in [0.2, 0.25) is 5.43 Å². The van der Waals surface area contributed by atoms with Crippen molar-refractivity contribution in [2.45, 2.75) is 0 Å². The van der Waals surface area contributed by atoms with Crippen LogP contribution >= 0.6 is 27.5 Å². The van der Waals surface area contributed by atoms with Gasteiger partial charge in [-0.15, -0.1) is 0 Å². The average Bonchev–Trinajstić information content (AvgIpc) is 2.87. The minimum Gasteiger partial charge on any atom is -0.463 e. The third-order valence-electron chi connectivity index (χ3n) is 4.86. The summed E-state index contributed by atoms with van der Waals surface area (Å²) in [5, 5.41) is 9.37. The number of anilines is 2. The van der Waals surface area contributed by atoms with Gasteiger partial charge in [-0.1, -0.05) is 39.7 Å². The second-order valence-electron chi connectivity index (χ2n) is 7.32. The highest BCUT2D eigenvalue weighted by Gasteiger charge is 2.18. The molecule has 180 valence electrons. The molecule has 0 unspecified atom stereocenters. The van der Waals surface area contributed by atoms with E-state index in [-0.39, 0.29) is 22.2 Å². The summed E-state index contributed by atoms with van der Waals surface area (Å²) in [7, 11) is 0. The number of para-hydroxylation sites is 1. The molecule has 9 nitrogen and oxygen atoms in total. The normalized spacial score (nSPS) is 10.8. The lowest BCUT2D eigenvalue weighted by molar-refractivity contribution is -0.136. The van der Waals surface area contributed by atoms with Crippen LogP contribution in [0.4, 0.5) is 11.4 Å². The Hall–Kier alpha value is -4.28. The van der Waals surface area contributed by atoms with Crippen LogP contribution in [-0.2, 0) is 9.59 Å². The zero-order chi connectivity index (χ0) is 25.7. The molecule has 0 aliphatic carbocycles. The van der Waals surface area contributed by atoms with Crippen molar-refractivity contribution in [2.24, 2.45) is 5.10 Å². The van der Waals surface area contributed by atoms with Crippen molar-refractivity contribution in [3.63, 3.8) is 0 Å². The highest BCUT2D eigenvalue weighted by atomic mass is 79.9. The first-order chi connectivity index (χ1) is 17.3. The van der Waals surface area contributed by atoms with Gasteiger partial charge in [-0.3, -0.25) is 19.2 Å². The summed E-state index contributed by atoms with van der Waals surface area (Å²) < 4.78 is 6.22. The predicted octanol–water partition coefficient (Wildman–Crippen LogP) is 4.55. The molecule has 1 aromatic heterocycles. The van der Waals surface area contributed by atoms with Crippen molar-refractivity contribution in [1.29, 1.82) is 0 Å². The van der Waals surface area contributed by atoms with E-state index < -0.39 is 23.2 Å². The standard InChI is InChI=1S/C25H16BrClN4O5/c26-15-5-8-17(9-6-15)29-23(33)18-3-1-2-4-20(18)30-24(34)25(35)31-28-12-14-13-36-21-10-7-16(27)11-19(21)22(14)32/h1-13H,(H,29,33)(H,30,34)(H,31,35). The highest BCUT2D eigenvalue weighted by molar-refractivity contribution is 9.10. The molecule has 4 aromatic rings. The number of nitrogens with one attached hydrogen (secondary N) is 3. The number of amides is 3. The molecule has 0 bridgehead atoms. The number of carbonyl (C=O) groups excluding carboxylic acids is 3. The van der Waals surface area contributed by atoms with Gasteiger partial charge in [-0.2, -0.15) is 5.10 Å². The molecule has 0 saturated carbocycles.